The van der Waals surface area contributed by atoms with Gasteiger partial charge in [-0.3, -0.25) is 5.43 Å². The number of anilines is 1. The van der Waals surface area contributed by atoms with Crippen LogP contribution in [-0.4, -0.2) is 10.7 Å². The first-order valence-corrected chi connectivity index (χ1v) is 7.78. The predicted molar refractivity (Wildman–Crippen MR) is 89.7 cm³/mol. The number of thiazole rings is 1. The van der Waals surface area contributed by atoms with Crippen molar-refractivity contribution < 1.29 is 8.78 Å². The quantitative estimate of drug-likeness (QED) is 0.544. The predicted octanol–water partition coefficient (Wildman–Crippen LogP) is 4.92. The van der Waals surface area contributed by atoms with Crippen LogP contribution in [0.5, 0.6) is 0 Å². The van der Waals surface area contributed by atoms with E-state index in [0.29, 0.717) is 10.8 Å². The van der Waals surface area contributed by atoms with Gasteiger partial charge in [-0.1, -0.05) is 30.3 Å². The summed E-state index contributed by atoms with van der Waals surface area (Å²) in [6.07, 6.45) is 0. The van der Waals surface area contributed by atoms with E-state index in [9.17, 15) is 8.78 Å². The van der Waals surface area contributed by atoms with Crippen LogP contribution in [0.4, 0.5) is 13.9 Å². The topological polar surface area (TPSA) is 37.3 Å². The van der Waals surface area contributed by atoms with Crippen molar-refractivity contribution in [1.82, 2.24) is 4.98 Å². The van der Waals surface area contributed by atoms with Gasteiger partial charge in [0.1, 0.15) is 11.6 Å². The number of nitrogens with one attached hydrogen (secondary N) is 1. The Balaban J connectivity index is 1.76. The number of benzene rings is 2. The smallest absolute Gasteiger partial charge is 0.203 e. The standard InChI is InChI=1S/C17H13F2N3S/c1-11(14-8-7-13(18)9-15(14)19)21-22-17-20-16(10-23-17)12-5-3-2-4-6-12/h2-10H,1H3,(H,20,22)/b21-11-. The molecule has 0 spiro atoms. The lowest BCUT2D eigenvalue weighted by molar-refractivity contribution is 0.581. The van der Waals surface area contributed by atoms with Crippen molar-refractivity contribution in [3.63, 3.8) is 0 Å². The molecule has 0 aliphatic rings. The largest absolute Gasteiger partial charge is 0.252 e. The summed E-state index contributed by atoms with van der Waals surface area (Å²) >= 11 is 1.41. The Hall–Kier alpha value is -2.60. The van der Waals surface area contributed by atoms with Gasteiger partial charge in [0.05, 0.1) is 11.4 Å². The third kappa shape index (κ3) is 3.60. The molecule has 0 amide bonds. The summed E-state index contributed by atoms with van der Waals surface area (Å²) in [6, 6.07) is 13.2. The lowest BCUT2D eigenvalue weighted by Gasteiger charge is -2.03. The van der Waals surface area contributed by atoms with E-state index in [4.69, 9.17) is 0 Å². The zero-order valence-corrected chi connectivity index (χ0v) is 13.1. The summed E-state index contributed by atoms with van der Waals surface area (Å²) in [7, 11) is 0. The first-order chi connectivity index (χ1) is 11.1. The van der Waals surface area contributed by atoms with Crippen LogP contribution < -0.4 is 5.43 Å². The van der Waals surface area contributed by atoms with Crippen LogP contribution in [-0.2, 0) is 0 Å². The molecule has 0 saturated carbocycles. The molecule has 0 aliphatic carbocycles. The summed E-state index contributed by atoms with van der Waals surface area (Å²) in [5, 5.41) is 6.63. The van der Waals surface area contributed by atoms with Crippen LogP contribution in [0.2, 0.25) is 0 Å². The molecule has 3 aromatic rings. The second kappa shape index (κ2) is 6.66. The van der Waals surface area contributed by atoms with Crippen LogP contribution in [0.1, 0.15) is 12.5 Å². The second-order valence-corrected chi connectivity index (χ2v) is 5.70. The Morgan fingerprint density at radius 3 is 2.65 bits per heavy atom. The summed E-state index contributed by atoms with van der Waals surface area (Å²) < 4.78 is 26.6. The molecular weight excluding hydrogens is 316 g/mol. The highest BCUT2D eigenvalue weighted by Gasteiger charge is 2.08. The lowest BCUT2D eigenvalue weighted by atomic mass is 10.1. The Morgan fingerprint density at radius 1 is 1.13 bits per heavy atom. The van der Waals surface area contributed by atoms with E-state index < -0.39 is 11.6 Å². The Bertz CT molecular complexity index is 844. The second-order valence-electron chi connectivity index (χ2n) is 4.84. The highest BCUT2D eigenvalue weighted by molar-refractivity contribution is 7.14. The van der Waals surface area contributed by atoms with E-state index >= 15 is 0 Å². The Morgan fingerprint density at radius 2 is 1.91 bits per heavy atom. The molecule has 0 aliphatic heterocycles. The molecule has 23 heavy (non-hydrogen) atoms. The van der Waals surface area contributed by atoms with Gasteiger partial charge in [-0.05, 0) is 19.1 Å². The molecule has 0 radical (unpaired) electrons. The maximum absolute atomic E-state index is 13.7. The Labute approximate surface area is 136 Å². The van der Waals surface area contributed by atoms with Gasteiger partial charge in [-0.2, -0.15) is 5.10 Å². The van der Waals surface area contributed by atoms with Crippen molar-refractivity contribution in [2.24, 2.45) is 5.10 Å². The van der Waals surface area contributed by atoms with Gasteiger partial charge in [-0.15, -0.1) is 11.3 Å². The fraction of sp³-hybridized carbons (Fsp3) is 0.0588. The van der Waals surface area contributed by atoms with Crippen molar-refractivity contribution in [2.75, 3.05) is 5.43 Å². The van der Waals surface area contributed by atoms with Crippen molar-refractivity contribution >= 4 is 22.2 Å². The third-order valence-corrected chi connectivity index (χ3v) is 3.96. The number of hydrogen-bond donors (Lipinski definition) is 1. The number of hydrogen-bond acceptors (Lipinski definition) is 4. The number of hydrazone groups is 1. The van der Waals surface area contributed by atoms with E-state index in [0.717, 1.165) is 17.3 Å². The van der Waals surface area contributed by atoms with E-state index in [1.165, 1.54) is 23.5 Å². The van der Waals surface area contributed by atoms with Gasteiger partial charge in [0, 0.05) is 22.6 Å². The molecular formula is C17H13F2N3S. The first-order valence-electron chi connectivity index (χ1n) is 6.90. The van der Waals surface area contributed by atoms with Crippen LogP contribution in [0.25, 0.3) is 11.3 Å². The van der Waals surface area contributed by atoms with E-state index in [2.05, 4.69) is 15.5 Å². The van der Waals surface area contributed by atoms with Crippen molar-refractivity contribution in [2.45, 2.75) is 6.92 Å². The fourth-order valence-electron chi connectivity index (χ4n) is 2.04. The van der Waals surface area contributed by atoms with Gasteiger partial charge in [0.2, 0.25) is 5.13 Å². The highest BCUT2D eigenvalue weighted by Crippen LogP contribution is 2.24. The van der Waals surface area contributed by atoms with Gasteiger partial charge in [0.15, 0.2) is 0 Å². The van der Waals surface area contributed by atoms with Gasteiger partial charge < -0.3 is 0 Å². The summed E-state index contributed by atoms with van der Waals surface area (Å²) in [5.41, 5.74) is 5.34. The first kappa shape index (κ1) is 15.3. The molecule has 2 aromatic carbocycles. The summed E-state index contributed by atoms with van der Waals surface area (Å²) in [5.74, 6) is -1.25. The minimum atomic E-state index is -0.642. The summed E-state index contributed by atoms with van der Waals surface area (Å²) in [6.45, 7) is 1.65. The van der Waals surface area contributed by atoms with Crippen LogP contribution >= 0.6 is 11.3 Å². The summed E-state index contributed by atoms with van der Waals surface area (Å²) in [4.78, 5) is 4.43. The average molecular weight is 329 g/mol. The lowest BCUT2D eigenvalue weighted by Crippen LogP contribution is -2.03. The van der Waals surface area contributed by atoms with Gasteiger partial charge >= 0.3 is 0 Å². The number of aromatic nitrogens is 1. The van der Waals surface area contributed by atoms with E-state index in [1.54, 1.807) is 6.92 Å². The number of rotatable bonds is 4. The highest BCUT2D eigenvalue weighted by atomic mass is 32.1. The average Bonchev–Trinajstić information content (AvgIpc) is 3.02. The molecule has 0 saturated heterocycles. The minimum Gasteiger partial charge on any atom is -0.252 e. The number of halogens is 2. The van der Waals surface area contributed by atoms with Crippen molar-refractivity contribution in [3.8, 4) is 11.3 Å². The maximum atomic E-state index is 13.7. The molecule has 1 aromatic heterocycles. The molecule has 3 rings (SSSR count). The molecule has 0 atom stereocenters. The van der Waals surface area contributed by atoms with Gasteiger partial charge in [0.25, 0.3) is 0 Å². The zero-order valence-electron chi connectivity index (χ0n) is 12.3. The van der Waals surface area contributed by atoms with E-state index in [-0.39, 0.29) is 5.56 Å². The number of nitrogens with zero attached hydrogens (tertiary/aromatic N) is 2. The molecule has 0 unspecified atom stereocenters. The zero-order chi connectivity index (χ0) is 16.2. The van der Waals surface area contributed by atoms with Crippen LogP contribution in [0.15, 0.2) is 59.0 Å². The molecule has 1 heterocycles. The molecule has 6 heteroatoms. The minimum absolute atomic E-state index is 0.249. The molecule has 116 valence electrons. The molecule has 0 fully saturated rings. The molecule has 0 bridgehead atoms. The third-order valence-electron chi connectivity index (χ3n) is 3.21. The Kier molecular flexibility index (Phi) is 4.43. The SMILES string of the molecule is C/C(=N/Nc1nc(-c2ccccc2)cs1)c1ccc(F)cc1F. The molecule has 1 N–H and O–H groups in total. The molecule has 3 nitrogen and oxygen atoms in total. The van der Waals surface area contributed by atoms with Crippen molar-refractivity contribution in [3.05, 3.63) is 71.1 Å². The van der Waals surface area contributed by atoms with Gasteiger partial charge in [-0.25, -0.2) is 13.8 Å². The maximum Gasteiger partial charge on any atom is 0.203 e. The van der Waals surface area contributed by atoms with Crippen molar-refractivity contribution in [1.29, 1.82) is 0 Å². The van der Waals surface area contributed by atoms with Crippen LogP contribution in [0, 0.1) is 11.6 Å². The van der Waals surface area contributed by atoms with E-state index in [1.807, 2.05) is 35.7 Å². The normalized spacial score (nSPS) is 11.5. The fourth-order valence-corrected chi connectivity index (χ4v) is 2.70. The monoisotopic (exact) mass is 329 g/mol. The van der Waals surface area contributed by atoms with Crippen LogP contribution in [0.3, 0.4) is 0 Å².